The summed E-state index contributed by atoms with van der Waals surface area (Å²) in [6.07, 6.45) is 4.19. The van der Waals surface area contributed by atoms with Crippen LogP contribution in [0.3, 0.4) is 0 Å². The van der Waals surface area contributed by atoms with Gasteiger partial charge >= 0.3 is 0 Å². The Bertz CT molecular complexity index is 555. The fraction of sp³-hybridized carbons (Fsp3) is 0.529. The minimum Gasteiger partial charge on any atom is -0.490 e. The quantitative estimate of drug-likeness (QED) is 0.906. The molecular weight excluding hydrogens is 280 g/mol. The van der Waals surface area contributed by atoms with Crippen LogP contribution in [0.5, 0.6) is 5.75 Å². The van der Waals surface area contributed by atoms with Gasteiger partial charge in [0.2, 0.25) is 11.8 Å². The van der Waals surface area contributed by atoms with Crippen molar-refractivity contribution in [1.82, 2.24) is 5.32 Å². The number of rotatable bonds is 5. The molecule has 1 aliphatic carbocycles. The van der Waals surface area contributed by atoms with E-state index >= 15 is 0 Å². The van der Waals surface area contributed by atoms with E-state index in [0.29, 0.717) is 19.1 Å². The summed E-state index contributed by atoms with van der Waals surface area (Å²) in [4.78, 5) is 25.9. The molecule has 0 atom stereocenters. The maximum atomic E-state index is 12.4. The van der Waals surface area contributed by atoms with Crippen molar-refractivity contribution in [2.45, 2.75) is 32.1 Å². The van der Waals surface area contributed by atoms with Crippen molar-refractivity contribution in [1.29, 1.82) is 0 Å². The van der Waals surface area contributed by atoms with E-state index in [-0.39, 0.29) is 24.7 Å². The van der Waals surface area contributed by atoms with Crippen LogP contribution in [0, 0.1) is 5.92 Å². The summed E-state index contributed by atoms with van der Waals surface area (Å²) >= 11 is 0. The van der Waals surface area contributed by atoms with Crippen molar-refractivity contribution in [2.75, 3.05) is 24.6 Å². The zero-order chi connectivity index (χ0) is 15.4. The van der Waals surface area contributed by atoms with Gasteiger partial charge in [-0.15, -0.1) is 0 Å². The first-order valence-electron chi connectivity index (χ1n) is 8.03. The van der Waals surface area contributed by atoms with Crippen molar-refractivity contribution in [2.24, 2.45) is 5.92 Å². The zero-order valence-electron chi connectivity index (χ0n) is 12.7. The van der Waals surface area contributed by atoms with E-state index in [1.54, 1.807) is 4.90 Å². The number of carbonyl (C=O) groups is 2. The van der Waals surface area contributed by atoms with Crippen LogP contribution in [0.25, 0.3) is 0 Å². The van der Waals surface area contributed by atoms with Crippen LogP contribution < -0.4 is 15.0 Å². The van der Waals surface area contributed by atoms with Gasteiger partial charge in [0.25, 0.3) is 0 Å². The number of fused-ring (bicyclic) bond motifs is 1. The monoisotopic (exact) mass is 302 g/mol. The van der Waals surface area contributed by atoms with Gasteiger partial charge in [-0.2, -0.15) is 0 Å². The fourth-order valence-electron chi connectivity index (χ4n) is 2.83. The number of anilines is 1. The third-order valence-electron chi connectivity index (χ3n) is 4.41. The van der Waals surface area contributed by atoms with Crippen molar-refractivity contribution in [3.05, 3.63) is 24.3 Å². The molecule has 1 N–H and O–H groups in total. The van der Waals surface area contributed by atoms with E-state index in [4.69, 9.17) is 4.74 Å². The number of ether oxygens (including phenoxy) is 1. The number of nitrogens with one attached hydrogen (secondary N) is 1. The standard InChI is InChI=1S/C17H22N2O3/c20-16(18-12-13-4-3-5-13)8-9-17(21)19-10-11-22-15-7-2-1-6-14(15)19/h1-2,6-7,13H,3-5,8-12H2,(H,18,20). The van der Waals surface area contributed by atoms with Crippen molar-refractivity contribution >= 4 is 17.5 Å². The lowest BCUT2D eigenvalue weighted by Gasteiger charge is -2.29. The van der Waals surface area contributed by atoms with E-state index < -0.39 is 0 Å². The summed E-state index contributed by atoms with van der Waals surface area (Å²) in [5.41, 5.74) is 0.800. The molecule has 1 aromatic rings. The average Bonchev–Trinajstić information content (AvgIpc) is 2.50. The van der Waals surface area contributed by atoms with Crippen LogP contribution in [-0.4, -0.2) is 31.5 Å². The Labute approximate surface area is 130 Å². The van der Waals surface area contributed by atoms with Gasteiger partial charge in [-0.1, -0.05) is 18.6 Å². The van der Waals surface area contributed by atoms with E-state index in [2.05, 4.69) is 5.32 Å². The number of hydrogen-bond acceptors (Lipinski definition) is 3. The maximum absolute atomic E-state index is 12.4. The normalized spacial score (nSPS) is 17.2. The lowest BCUT2D eigenvalue weighted by atomic mass is 9.85. The van der Waals surface area contributed by atoms with Crippen molar-refractivity contribution in [3.8, 4) is 5.75 Å². The highest BCUT2D eigenvalue weighted by molar-refractivity contribution is 5.97. The minimum atomic E-state index is -0.0261. The number of nitrogens with zero attached hydrogens (tertiary/aromatic N) is 1. The molecule has 0 radical (unpaired) electrons. The smallest absolute Gasteiger partial charge is 0.227 e. The SMILES string of the molecule is O=C(CCC(=O)N1CCOc2ccccc21)NCC1CCC1. The van der Waals surface area contributed by atoms with Crippen molar-refractivity contribution in [3.63, 3.8) is 0 Å². The minimum absolute atomic E-state index is 0.0189. The van der Waals surface area contributed by atoms with Gasteiger partial charge < -0.3 is 15.0 Å². The molecule has 1 saturated carbocycles. The van der Waals surface area contributed by atoms with Gasteiger partial charge in [0.1, 0.15) is 12.4 Å². The molecule has 5 nitrogen and oxygen atoms in total. The molecule has 1 aromatic carbocycles. The van der Waals surface area contributed by atoms with E-state index in [0.717, 1.165) is 18.0 Å². The topological polar surface area (TPSA) is 58.6 Å². The zero-order valence-corrected chi connectivity index (χ0v) is 12.7. The lowest BCUT2D eigenvalue weighted by molar-refractivity contribution is -0.125. The van der Waals surface area contributed by atoms with Crippen LogP contribution >= 0.6 is 0 Å². The molecule has 2 amide bonds. The van der Waals surface area contributed by atoms with Gasteiger partial charge in [0.05, 0.1) is 12.2 Å². The molecule has 0 spiro atoms. The Kier molecular flexibility index (Phi) is 4.61. The van der Waals surface area contributed by atoms with E-state index in [1.807, 2.05) is 24.3 Å². The summed E-state index contributed by atoms with van der Waals surface area (Å²) < 4.78 is 5.54. The van der Waals surface area contributed by atoms with Crippen molar-refractivity contribution < 1.29 is 14.3 Å². The average molecular weight is 302 g/mol. The Morgan fingerprint density at radius 2 is 2.05 bits per heavy atom. The van der Waals surface area contributed by atoms with Gasteiger partial charge in [-0.05, 0) is 30.9 Å². The maximum Gasteiger partial charge on any atom is 0.227 e. The number of hydrogen-bond donors (Lipinski definition) is 1. The first kappa shape index (κ1) is 14.9. The molecule has 0 saturated heterocycles. The predicted octanol–water partition coefficient (Wildman–Crippen LogP) is 2.11. The van der Waals surface area contributed by atoms with E-state index in [1.165, 1.54) is 19.3 Å². The number of carbonyl (C=O) groups excluding carboxylic acids is 2. The first-order valence-corrected chi connectivity index (χ1v) is 8.03. The summed E-state index contributed by atoms with van der Waals surface area (Å²) in [5.74, 6) is 1.33. The van der Waals surface area contributed by atoms with Gasteiger partial charge in [-0.3, -0.25) is 9.59 Å². The Balaban J connectivity index is 1.48. The Hall–Kier alpha value is -2.04. The Morgan fingerprint density at radius 1 is 1.23 bits per heavy atom. The molecule has 2 aliphatic rings. The third kappa shape index (κ3) is 3.40. The molecule has 22 heavy (non-hydrogen) atoms. The molecule has 5 heteroatoms. The molecule has 118 valence electrons. The van der Waals surface area contributed by atoms with Gasteiger partial charge in [-0.25, -0.2) is 0 Å². The molecule has 3 rings (SSSR count). The molecular formula is C17H22N2O3. The summed E-state index contributed by atoms with van der Waals surface area (Å²) in [5, 5.41) is 2.93. The first-order chi connectivity index (χ1) is 10.7. The predicted molar refractivity (Wildman–Crippen MR) is 83.9 cm³/mol. The van der Waals surface area contributed by atoms with E-state index in [9.17, 15) is 9.59 Å². The van der Waals surface area contributed by atoms with Crippen LogP contribution in [0.1, 0.15) is 32.1 Å². The van der Waals surface area contributed by atoms with Gasteiger partial charge in [0, 0.05) is 19.4 Å². The number of amides is 2. The molecule has 0 bridgehead atoms. The molecule has 0 aromatic heterocycles. The highest BCUT2D eigenvalue weighted by Crippen LogP contribution is 2.31. The van der Waals surface area contributed by atoms with Gasteiger partial charge in [0.15, 0.2) is 0 Å². The van der Waals surface area contributed by atoms with Crippen LogP contribution in [0.4, 0.5) is 5.69 Å². The second-order valence-corrected chi connectivity index (χ2v) is 5.96. The van der Waals surface area contributed by atoms with Crippen LogP contribution in [-0.2, 0) is 9.59 Å². The summed E-state index contributed by atoms with van der Waals surface area (Å²) in [7, 11) is 0. The molecule has 1 aliphatic heterocycles. The third-order valence-corrected chi connectivity index (χ3v) is 4.41. The fourth-order valence-corrected chi connectivity index (χ4v) is 2.83. The molecule has 1 fully saturated rings. The summed E-state index contributed by atoms with van der Waals surface area (Å²) in [6, 6.07) is 7.52. The highest BCUT2D eigenvalue weighted by atomic mass is 16.5. The molecule has 0 unspecified atom stereocenters. The molecule has 1 heterocycles. The largest absolute Gasteiger partial charge is 0.490 e. The highest BCUT2D eigenvalue weighted by Gasteiger charge is 2.24. The lowest BCUT2D eigenvalue weighted by Crippen LogP contribution is -2.39. The second-order valence-electron chi connectivity index (χ2n) is 5.96. The number of benzene rings is 1. The van der Waals surface area contributed by atoms with Crippen LogP contribution in [0.15, 0.2) is 24.3 Å². The summed E-state index contributed by atoms with van der Waals surface area (Å²) in [6.45, 7) is 1.80. The number of para-hydroxylation sites is 2. The Morgan fingerprint density at radius 3 is 2.82 bits per heavy atom. The second kappa shape index (κ2) is 6.81. The van der Waals surface area contributed by atoms with Crippen LogP contribution in [0.2, 0.25) is 0 Å².